The molecule has 40 heavy (non-hydrogen) atoms. The molecular weight excluding hydrogens is 528 g/mol. The van der Waals surface area contributed by atoms with Crippen LogP contribution in [0.2, 0.25) is 0 Å². The molecule has 9 nitrogen and oxygen atoms in total. The molecule has 3 aromatic carbocycles. The third-order valence-electron chi connectivity index (χ3n) is 6.37. The Morgan fingerprint density at radius 3 is 2.40 bits per heavy atom. The van der Waals surface area contributed by atoms with Crippen LogP contribution in [-0.2, 0) is 21.2 Å². The molecule has 2 amide bonds. The molecule has 3 aromatic rings. The van der Waals surface area contributed by atoms with E-state index < -0.39 is 15.9 Å². The Kier molecular flexibility index (Phi) is 11.4. The predicted molar refractivity (Wildman–Crippen MR) is 158 cm³/mol. The second kappa shape index (κ2) is 14.9. The summed E-state index contributed by atoms with van der Waals surface area (Å²) in [6, 6.07) is 23.1. The van der Waals surface area contributed by atoms with Gasteiger partial charge in [-0.05, 0) is 73.2 Å². The Labute approximate surface area is 236 Å². The fourth-order valence-corrected chi connectivity index (χ4v) is 5.44. The first-order chi connectivity index (χ1) is 19.1. The van der Waals surface area contributed by atoms with Gasteiger partial charge in [0, 0.05) is 36.4 Å². The molecule has 0 heterocycles. The summed E-state index contributed by atoms with van der Waals surface area (Å²) in [6.45, 7) is 2.60. The maximum atomic E-state index is 13.3. The smallest absolute Gasteiger partial charge is 0.251 e. The van der Waals surface area contributed by atoms with Crippen molar-refractivity contribution in [2.45, 2.75) is 32.6 Å². The molecule has 1 atom stereocenters. The minimum absolute atomic E-state index is 0.0671. The summed E-state index contributed by atoms with van der Waals surface area (Å²) in [5, 5.41) is 2.85. The normalized spacial score (nSPS) is 11.8. The number of carbonyl (C=O) groups excluding carboxylic acids is 2. The number of nitrogens with one attached hydrogen (secondary N) is 2. The third kappa shape index (κ3) is 10.3. The lowest BCUT2D eigenvalue weighted by atomic mass is 10.0. The molecule has 214 valence electrons. The van der Waals surface area contributed by atoms with Crippen molar-refractivity contribution >= 4 is 33.2 Å². The monoisotopic (exact) mass is 566 g/mol. The van der Waals surface area contributed by atoms with E-state index in [-0.39, 0.29) is 24.2 Å². The third-order valence-corrected chi connectivity index (χ3v) is 7.57. The Hall–Kier alpha value is -4.05. The van der Waals surface area contributed by atoms with Crippen LogP contribution < -0.4 is 20.5 Å². The van der Waals surface area contributed by atoms with Gasteiger partial charge in [-0.1, -0.05) is 43.3 Å². The molecule has 0 aromatic heterocycles. The lowest BCUT2D eigenvalue weighted by Crippen LogP contribution is -2.39. The van der Waals surface area contributed by atoms with Gasteiger partial charge in [0.2, 0.25) is 5.91 Å². The molecule has 1 unspecified atom stereocenters. The number of amides is 2. The first-order valence-electron chi connectivity index (χ1n) is 13.2. The van der Waals surface area contributed by atoms with E-state index in [1.165, 1.54) is 12.0 Å². The van der Waals surface area contributed by atoms with E-state index >= 15 is 0 Å². The number of aryl methyl sites for hydroxylation is 1. The summed E-state index contributed by atoms with van der Waals surface area (Å²) >= 11 is 0. The van der Waals surface area contributed by atoms with Crippen molar-refractivity contribution in [2.75, 3.05) is 36.5 Å². The van der Waals surface area contributed by atoms with Crippen LogP contribution in [0, 0.1) is 5.92 Å². The Bertz CT molecular complexity index is 1350. The van der Waals surface area contributed by atoms with Crippen LogP contribution >= 0.6 is 0 Å². The van der Waals surface area contributed by atoms with Crippen molar-refractivity contribution in [3.8, 4) is 5.75 Å². The largest absolute Gasteiger partial charge is 0.497 e. The quantitative estimate of drug-likeness (QED) is 0.235. The van der Waals surface area contributed by atoms with Gasteiger partial charge < -0.3 is 20.7 Å². The number of methoxy groups -OCH3 is 1. The topological polar surface area (TPSA) is 131 Å². The van der Waals surface area contributed by atoms with E-state index in [1.54, 1.807) is 48.5 Å². The summed E-state index contributed by atoms with van der Waals surface area (Å²) in [7, 11) is -2.31. The van der Waals surface area contributed by atoms with Crippen LogP contribution in [0.25, 0.3) is 0 Å². The minimum atomic E-state index is -3.84. The Morgan fingerprint density at radius 2 is 1.73 bits per heavy atom. The number of ether oxygens (including phenoxy) is 1. The second-order valence-corrected chi connectivity index (χ2v) is 11.5. The number of nitrogen functional groups attached to an aromatic ring is 1. The van der Waals surface area contributed by atoms with Gasteiger partial charge in [0.25, 0.3) is 15.9 Å². The van der Waals surface area contributed by atoms with Gasteiger partial charge in [-0.3, -0.25) is 14.3 Å². The zero-order chi connectivity index (χ0) is 29.0. The van der Waals surface area contributed by atoms with Crippen molar-refractivity contribution in [3.63, 3.8) is 0 Å². The first kappa shape index (κ1) is 30.5. The molecule has 0 aliphatic heterocycles. The summed E-state index contributed by atoms with van der Waals surface area (Å²) < 4.78 is 33.7. The molecule has 0 bridgehead atoms. The van der Waals surface area contributed by atoms with Crippen molar-refractivity contribution in [1.82, 2.24) is 10.2 Å². The number of nitrogens with two attached hydrogens (primary N) is 1. The van der Waals surface area contributed by atoms with Crippen LogP contribution in [0.15, 0.2) is 78.9 Å². The molecule has 0 saturated carbocycles. The molecule has 0 saturated heterocycles. The highest BCUT2D eigenvalue weighted by Gasteiger charge is 2.23. The van der Waals surface area contributed by atoms with E-state index in [0.717, 1.165) is 12.0 Å². The number of hydrogen-bond acceptors (Lipinski definition) is 6. The SMILES string of the molecule is COc1ccc(NS(=O)(=O)CN(CCCc2ccccc2)C(=O)CC(C)CCNC(=O)c2cccc(N)c2)cc1. The fourth-order valence-electron chi connectivity index (χ4n) is 4.20. The Balaban J connectivity index is 1.58. The highest BCUT2D eigenvalue weighted by molar-refractivity contribution is 7.92. The number of nitrogens with zero attached hydrogens (tertiary/aromatic N) is 1. The summed E-state index contributed by atoms with van der Waals surface area (Å²) in [5.74, 6) is -0.390. The number of hydrogen-bond donors (Lipinski definition) is 3. The number of anilines is 2. The molecule has 0 fully saturated rings. The number of rotatable bonds is 15. The summed E-state index contributed by atoms with van der Waals surface area (Å²) in [5.41, 5.74) is 8.25. The van der Waals surface area contributed by atoms with E-state index in [0.29, 0.717) is 48.6 Å². The van der Waals surface area contributed by atoms with Crippen LogP contribution in [0.5, 0.6) is 5.75 Å². The van der Waals surface area contributed by atoms with Crippen molar-refractivity contribution in [1.29, 1.82) is 0 Å². The number of carbonyl (C=O) groups is 2. The second-order valence-electron chi connectivity index (χ2n) is 9.80. The fraction of sp³-hybridized carbons (Fsp3) is 0.333. The molecule has 10 heteroatoms. The van der Waals surface area contributed by atoms with Crippen molar-refractivity contribution < 1.29 is 22.7 Å². The van der Waals surface area contributed by atoms with E-state index in [2.05, 4.69) is 10.0 Å². The molecule has 3 rings (SSSR count). The number of sulfonamides is 1. The molecule has 0 radical (unpaired) electrons. The average Bonchev–Trinajstić information content (AvgIpc) is 2.93. The molecular formula is C30H38N4O5S. The summed E-state index contributed by atoms with van der Waals surface area (Å²) in [4.78, 5) is 27.0. The van der Waals surface area contributed by atoms with Gasteiger partial charge >= 0.3 is 0 Å². The van der Waals surface area contributed by atoms with Gasteiger partial charge in [-0.2, -0.15) is 0 Å². The van der Waals surface area contributed by atoms with Gasteiger partial charge in [0.1, 0.15) is 11.6 Å². The lowest BCUT2D eigenvalue weighted by Gasteiger charge is -2.24. The van der Waals surface area contributed by atoms with Gasteiger partial charge in [-0.15, -0.1) is 0 Å². The van der Waals surface area contributed by atoms with Crippen molar-refractivity contribution in [3.05, 3.63) is 90.0 Å². The molecule has 0 spiro atoms. The summed E-state index contributed by atoms with van der Waals surface area (Å²) in [6.07, 6.45) is 2.08. The maximum Gasteiger partial charge on any atom is 0.251 e. The Morgan fingerprint density at radius 1 is 1.00 bits per heavy atom. The highest BCUT2D eigenvalue weighted by atomic mass is 32.2. The minimum Gasteiger partial charge on any atom is -0.497 e. The zero-order valence-electron chi connectivity index (χ0n) is 23.0. The lowest BCUT2D eigenvalue weighted by molar-refractivity contribution is -0.131. The molecule has 0 aliphatic rings. The van der Waals surface area contributed by atoms with Crippen LogP contribution in [0.3, 0.4) is 0 Å². The highest BCUT2D eigenvalue weighted by Crippen LogP contribution is 2.18. The van der Waals surface area contributed by atoms with E-state index in [9.17, 15) is 18.0 Å². The van der Waals surface area contributed by atoms with Crippen LogP contribution in [0.4, 0.5) is 11.4 Å². The van der Waals surface area contributed by atoms with E-state index in [4.69, 9.17) is 10.5 Å². The molecule has 4 N–H and O–H groups in total. The predicted octanol–water partition coefficient (Wildman–Crippen LogP) is 4.28. The number of benzene rings is 3. The maximum absolute atomic E-state index is 13.3. The first-order valence-corrected chi connectivity index (χ1v) is 14.9. The van der Waals surface area contributed by atoms with Crippen molar-refractivity contribution in [2.24, 2.45) is 5.92 Å². The van der Waals surface area contributed by atoms with Crippen LogP contribution in [-0.4, -0.2) is 51.2 Å². The average molecular weight is 567 g/mol. The van der Waals surface area contributed by atoms with E-state index in [1.807, 2.05) is 37.3 Å². The zero-order valence-corrected chi connectivity index (χ0v) is 23.8. The molecule has 0 aliphatic carbocycles. The van der Waals surface area contributed by atoms with Gasteiger partial charge in [0.15, 0.2) is 0 Å². The van der Waals surface area contributed by atoms with Crippen LogP contribution in [0.1, 0.15) is 42.1 Å². The standard InChI is InChI=1S/C30H38N4O5S/c1-23(17-18-32-30(36)25-11-6-12-26(31)21-25)20-29(35)34(19-7-10-24-8-4-3-5-9-24)22-40(37,38)33-27-13-15-28(39-2)16-14-27/h3-6,8-9,11-16,21,23,33H,7,10,17-20,22,31H2,1-2H3,(H,32,36). The van der Waals surface area contributed by atoms with Gasteiger partial charge in [-0.25, -0.2) is 8.42 Å². The van der Waals surface area contributed by atoms with Gasteiger partial charge in [0.05, 0.1) is 7.11 Å².